The lowest BCUT2D eigenvalue weighted by Gasteiger charge is -2.45. The maximum atomic E-state index is 9.82. The highest BCUT2D eigenvalue weighted by atomic mass is 32.1. The molecule has 0 aromatic carbocycles. The maximum absolute atomic E-state index is 9.82. The predicted molar refractivity (Wildman–Crippen MR) is 59.5 cm³/mol. The summed E-state index contributed by atoms with van der Waals surface area (Å²) in [6, 6.07) is 4.14. The molecule has 2 rings (SSSR count). The number of nitrogens with zero attached hydrogens (tertiary/aromatic N) is 2. The van der Waals surface area contributed by atoms with Crippen LogP contribution in [0.25, 0.3) is 0 Å². The van der Waals surface area contributed by atoms with Crippen LogP contribution in [0.5, 0.6) is 0 Å². The Labute approximate surface area is 93.6 Å². The average Bonchev–Trinajstić information content (AvgIpc) is 2.50. The standard InChI is InChI=1S/C11H14N2OS/c1-9-2-5-15-10(9)6-13-7-11(14,8-13)3-4-12/h2,5,14H,3,6-8H2,1H3. The summed E-state index contributed by atoms with van der Waals surface area (Å²) in [5.74, 6) is 0. The van der Waals surface area contributed by atoms with Gasteiger partial charge in [-0.25, -0.2) is 0 Å². The Morgan fingerprint density at radius 2 is 2.40 bits per heavy atom. The van der Waals surface area contributed by atoms with Crippen LogP contribution < -0.4 is 0 Å². The molecule has 0 unspecified atom stereocenters. The van der Waals surface area contributed by atoms with Crippen LogP contribution in [-0.4, -0.2) is 28.7 Å². The number of hydrogen-bond acceptors (Lipinski definition) is 4. The van der Waals surface area contributed by atoms with Gasteiger partial charge >= 0.3 is 0 Å². The van der Waals surface area contributed by atoms with Gasteiger partial charge in [0.2, 0.25) is 0 Å². The van der Waals surface area contributed by atoms with Crippen LogP contribution in [0.15, 0.2) is 11.4 Å². The zero-order valence-electron chi connectivity index (χ0n) is 8.73. The SMILES string of the molecule is Cc1ccsc1CN1CC(O)(CC#N)C1. The van der Waals surface area contributed by atoms with Crippen molar-refractivity contribution >= 4 is 11.3 Å². The zero-order valence-corrected chi connectivity index (χ0v) is 9.55. The number of β-amino-alcohol motifs (C(OH)–C–C–N with tert-alkyl or cyclic N) is 1. The van der Waals surface area contributed by atoms with Gasteiger partial charge in [0.25, 0.3) is 0 Å². The predicted octanol–water partition coefficient (Wildman–Crippen LogP) is 1.52. The van der Waals surface area contributed by atoms with Crippen molar-refractivity contribution in [2.45, 2.75) is 25.5 Å². The van der Waals surface area contributed by atoms with E-state index < -0.39 is 5.60 Å². The van der Waals surface area contributed by atoms with Gasteiger partial charge in [0.05, 0.1) is 12.5 Å². The number of likely N-dealkylation sites (tertiary alicyclic amines) is 1. The first-order chi connectivity index (χ1) is 7.13. The highest BCUT2D eigenvalue weighted by Gasteiger charge is 2.40. The molecule has 1 fully saturated rings. The lowest BCUT2D eigenvalue weighted by Crippen LogP contribution is -2.60. The summed E-state index contributed by atoms with van der Waals surface area (Å²) < 4.78 is 0. The van der Waals surface area contributed by atoms with Gasteiger partial charge in [-0.15, -0.1) is 11.3 Å². The van der Waals surface area contributed by atoms with E-state index in [4.69, 9.17) is 5.26 Å². The van der Waals surface area contributed by atoms with E-state index in [2.05, 4.69) is 23.3 Å². The van der Waals surface area contributed by atoms with Gasteiger partial charge in [0.1, 0.15) is 5.60 Å². The first-order valence-electron chi connectivity index (χ1n) is 4.98. The van der Waals surface area contributed by atoms with Crippen LogP contribution >= 0.6 is 11.3 Å². The van der Waals surface area contributed by atoms with Crippen molar-refractivity contribution in [3.05, 3.63) is 21.9 Å². The Morgan fingerprint density at radius 3 is 2.93 bits per heavy atom. The molecule has 80 valence electrons. The molecule has 0 bridgehead atoms. The second kappa shape index (κ2) is 3.93. The fraction of sp³-hybridized carbons (Fsp3) is 0.545. The highest BCUT2D eigenvalue weighted by Crippen LogP contribution is 2.27. The number of thiophene rings is 1. The average molecular weight is 222 g/mol. The van der Waals surface area contributed by atoms with Gasteiger partial charge in [0.15, 0.2) is 0 Å². The molecule has 1 N–H and O–H groups in total. The number of nitriles is 1. The number of aliphatic hydroxyl groups is 1. The maximum Gasteiger partial charge on any atom is 0.103 e. The lowest BCUT2D eigenvalue weighted by atomic mass is 9.91. The van der Waals surface area contributed by atoms with Crippen LogP contribution in [0.2, 0.25) is 0 Å². The molecule has 0 amide bonds. The third-order valence-corrected chi connectivity index (χ3v) is 3.79. The molecule has 0 saturated carbocycles. The van der Waals surface area contributed by atoms with Gasteiger partial charge < -0.3 is 5.11 Å². The zero-order chi connectivity index (χ0) is 10.9. The summed E-state index contributed by atoms with van der Waals surface area (Å²) in [5.41, 5.74) is 0.565. The van der Waals surface area contributed by atoms with Crippen LogP contribution in [0.1, 0.15) is 16.9 Å². The Kier molecular flexibility index (Phi) is 2.79. The van der Waals surface area contributed by atoms with Crippen LogP contribution in [0.4, 0.5) is 0 Å². The van der Waals surface area contributed by atoms with Crippen molar-refractivity contribution < 1.29 is 5.11 Å². The molecule has 3 nitrogen and oxygen atoms in total. The van der Waals surface area contributed by atoms with Gasteiger partial charge in [0, 0.05) is 24.5 Å². The van der Waals surface area contributed by atoms with Gasteiger partial charge in [-0.2, -0.15) is 5.26 Å². The molecule has 1 aliphatic heterocycles. The molecule has 0 radical (unpaired) electrons. The van der Waals surface area contributed by atoms with E-state index in [1.807, 2.05) is 6.07 Å². The molecule has 0 atom stereocenters. The smallest absolute Gasteiger partial charge is 0.103 e. The third kappa shape index (κ3) is 2.20. The molecule has 1 aromatic rings. The van der Waals surface area contributed by atoms with Crippen molar-refractivity contribution in [3.63, 3.8) is 0 Å². The minimum Gasteiger partial charge on any atom is -0.386 e. The molecule has 2 heterocycles. The van der Waals surface area contributed by atoms with E-state index in [0.29, 0.717) is 13.1 Å². The van der Waals surface area contributed by atoms with E-state index in [1.54, 1.807) is 11.3 Å². The minimum absolute atomic E-state index is 0.243. The molecular formula is C11H14N2OS. The molecular weight excluding hydrogens is 208 g/mol. The quantitative estimate of drug-likeness (QED) is 0.843. The van der Waals surface area contributed by atoms with Crippen molar-refractivity contribution in [1.82, 2.24) is 4.90 Å². The summed E-state index contributed by atoms with van der Waals surface area (Å²) >= 11 is 1.75. The molecule has 15 heavy (non-hydrogen) atoms. The van der Waals surface area contributed by atoms with E-state index >= 15 is 0 Å². The van der Waals surface area contributed by atoms with Gasteiger partial charge in [-0.3, -0.25) is 4.90 Å². The van der Waals surface area contributed by atoms with Crippen LogP contribution in [0, 0.1) is 18.3 Å². The fourth-order valence-corrected chi connectivity index (χ4v) is 2.87. The van der Waals surface area contributed by atoms with Crippen LogP contribution in [-0.2, 0) is 6.54 Å². The largest absolute Gasteiger partial charge is 0.386 e. The monoisotopic (exact) mass is 222 g/mol. The Bertz CT molecular complexity index is 388. The molecule has 1 aromatic heterocycles. The number of hydrogen-bond donors (Lipinski definition) is 1. The second-order valence-electron chi connectivity index (χ2n) is 4.23. The van der Waals surface area contributed by atoms with Crippen molar-refractivity contribution in [2.24, 2.45) is 0 Å². The van der Waals surface area contributed by atoms with E-state index in [9.17, 15) is 5.11 Å². The summed E-state index contributed by atoms with van der Waals surface area (Å²) in [4.78, 5) is 3.53. The second-order valence-corrected chi connectivity index (χ2v) is 5.23. The summed E-state index contributed by atoms with van der Waals surface area (Å²) in [6.07, 6.45) is 0.243. The van der Waals surface area contributed by atoms with Crippen molar-refractivity contribution in [3.8, 4) is 6.07 Å². The Hall–Kier alpha value is -0.890. The highest BCUT2D eigenvalue weighted by molar-refractivity contribution is 7.10. The number of aryl methyl sites for hydroxylation is 1. The van der Waals surface area contributed by atoms with Crippen molar-refractivity contribution in [2.75, 3.05) is 13.1 Å². The summed E-state index contributed by atoms with van der Waals surface area (Å²) in [7, 11) is 0. The van der Waals surface area contributed by atoms with Gasteiger partial charge in [-0.05, 0) is 23.9 Å². The fourth-order valence-electron chi connectivity index (χ4n) is 1.93. The van der Waals surface area contributed by atoms with E-state index in [1.165, 1.54) is 10.4 Å². The molecule has 0 spiro atoms. The summed E-state index contributed by atoms with van der Waals surface area (Å²) in [5, 5.41) is 20.4. The first-order valence-corrected chi connectivity index (χ1v) is 5.86. The Balaban J connectivity index is 1.87. The van der Waals surface area contributed by atoms with Crippen molar-refractivity contribution in [1.29, 1.82) is 5.26 Å². The van der Waals surface area contributed by atoms with E-state index in [0.717, 1.165) is 6.54 Å². The Morgan fingerprint density at radius 1 is 1.67 bits per heavy atom. The molecule has 1 saturated heterocycles. The van der Waals surface area contributed by atoms with Gasteiger partial charge in [-0.1, -0.05) is 0 Å². The normalized spacial score (nSPS) is 19.5. The van der Waals surface area contributed by atoms with E-state index in [-0.39, 0.29) is 6.42 Å². The number of rotatable bonds is 3. The summed E-state index contributed by atoms with van der Waals surface area (Å²) in [6.45, 7) is 4.25. The topological polar surface area (TPSA) is 47.3 Å². The molecule has 4 heteroatoms. The third-order valence-electron chi connectivity index (χ3n) is 2.78. The minimum atomic E-state index is -0.750. The van der Waals surface area contributed by atoms with Crippen LogP contribution in [0.3, 0.4) is 0 Å². The first kappa shape index (κ1) is 10.6. The lowest BCUT2D eigenvalue weighted by molar-refractivity contribution is -0.0971. The molecule has 1 aliphatic rings. The molecule has 0 aliphatic carbocycles.